The number of ether oxygens (including phenoxy) is 2. The highest BCUT2D eigenvalue weighted by atomic mass is 19.4. The predicted molar refractivity (Wildman–Crippen MR) is 105 cm³/mol. The molecule has 0 unspecified atom stereocenters. The van der Waals surface area contributed by atoms with Gasteiger partial charge in [-0.3, -0.25) is 0 Å². The number of carbonyl (C=O) groups excluding carboxylic acids is 1. The molecule has 0 fully saturated rings. The summed E-state index contributed by atoms with van der Waals surface area (Å²) in [4.78, 5) is 16.2. The zero-order chi connectivity index (χ0) is 21.1. The number of benzene rings is 3. The second-order valence-electron chi connectivity index (χ2n) is 6.40. The summed E-state index contributed by atoms with van der Waals surface area (Å²) in [6, 6.07) is 20.6. The molecule has 0 radical (unpaired) electrons. The zero-order valence-corrected chi connectivity index (χ0v) is 15.4. The lowest BCUT2D eigenvalue weighted by Gasteiger charge is -2.06. The number of para-hydroxylation sites is 1. The van der Waals surface area contributed by atoms with E-state index in [9.17, 15) is 18.0 Å². The smallest absolute Gasteiger partial charge is 0.416 e. The Labute approximate surface area is 169 Å². The van der Waals surface area contributed by atoms with Crippen molar-refractivity contribution in [1.29, 1.82) is 0 Å². The molecule has 3 aromatic rings. The van der Waals surface area contributed by atoms with E-state index in [2.05, 4.69) is 4.99 Å². The average Bonchev–Trinajstić information content (AvgIpc) is 3.10. The van der Waals surface area contributed by atoms with Crippen LogP contribution in [0.4, 0.5) is 13.2 Å². The number of aliphatic imine (C=N–C) groups is 1. The largest absolute Gasteiger partial charge is 0.457 e. The molecule has 4 rings (SSSR count). The van der Waals surface area contributed by atoms with Crippen molar-refractivity contribution in [2.24, 2.45) is 4.99 Å². The summed E-state index contributed by atoms with van der Waals surface area (Å²) in [5.74, 6) is 0.624. The second-order valence-corrected chi connectivity index (χ2v) is 6.40. The van der Waals surface area contributed by atoms with Crippen molar-refractivity contribution in [2.45, 2.75) is 6.18 Å². The lowest BCUT2D eigenvalue weighted by molar-refractivity contribution is -0.137. The van der Waals surface area contributed by atoms with Crippen LogP contribution in [0.1, 0.15) is 16.7 Å². The number of carbonyl (C=O) groups is 1. The molecular formula is C23H14F3NO3. The Hall–Kier alpha value is -3.87. The Kier molecular flexibility index (Phi) is 5.10. The number of esters is 1. The molecule has 0 aliphatic carbocycles. The molecule has 0 bridgehead atoms. The minimum Gasteiger partial charge on any atom is -0.457 e. The number of alkyl halides is 3. The van der Waals surface area contributed by atoms with Gasteiger partial charge in [-0.1, -0.05) is 30.3 Å². The summed E-state index contributed by atoms with van der Waals surface area (Å²) in [6.07, 6.45) is -2.90. The van der Waals surface area contributed by atoms with E-state index >= 15 is 0 Å². The van der Waals surface area contributed by atoms with Gasteiger partial charge < -0.3 is 9.47 Å². The molecule has 30 heavy (non-hydrogen) atoms. The van der Waals surface area contributed by atoms with Gasteiger partial charge in [-0.2, -0.15) is 13.2 Å². The van der Waals surface area contributed by atoms with Crippen LogP contribution in [0.5, 0.6) is 11.5 Å². The van der Waals surface area contributed by atoms with Gasteiger partial charge in [-0.15, -0.1) is 0 Å². The molecule has 150 valence electrons. The van der Waals surface area contributed by atoms with E-state index in [1.165, 1.54) is 18.2 Å². The van der Waals surface area contributed by atoms with Crippen molar-refractivity contribution in [3.63, 3.8) is 0 Å². The third kappa shape index (κ3) is 4.41. The van der Waals surface area contributed by atoms with Gasteiger partial charge in [-0.05, 0) is 60.2 Å². The first-order chi connectivity index (χ1) is 14.4. The maximum Gasteiger partial charge on any atom is 0.416 e. The SMILES string of the molecule is O=C1OC(c2ccc(C(F)(F)F)cc2)=N/C1=C\c1ccc(Oc2ccccc2)cc1. The molecule has 4 nitrogen and oxygen atoms in total. The van der Waals surface area contributed by atoms with Gasteiger partial charge >= 0.3 is 12.1 Å². The number of hydrogen-bond acceptors (Lipinski definition) is 4. The summed E-state index contributed by atoms with van der Waals surface area (Å²) in [5.41, 5.74) is 0.248. The van der Waals surface area contributed by atoms with E-state index in [4.69, 9.17) is 9.47 Å². The van der Waals surface area contributed by atoms with E-state index in [-0.39, 0.29) is 17.2 Å². The summed E-state index contributed by atoms with van der Waals surface area (Å²) >= 11 is 0. The molecule has 1 heterocycles. The fourth-order valence-electron chi connectivity index (χ4n) is 2.75. The van der Waals surface area contributed by atoms with Crippen molar-refractivity contribution >= 4 is 17.9 Å². The number of hydrogen-bond donors (Lipinski definition) is 0. The van der Waals surface area contributed by atoms with Gasteiger partial charge in [0.2, 0.25) is 5.90 Å². The molecule has 1 aliphatic heterocycles. The normalized spacial score (nSPS) is 15.1. The van der Waals surface area contributed by atoms with Crippen molar-refractivity contribution < 1.29 is 27.4 Å². The Balaban J connectivity index is 1.51. The van der Waals surface area contributed by atoms with Crippen molar-refractivity contribution in [3.8, 4) is 11.5 Å². The molecule has 0 saturated carbocycles. The highest BCUT2D eigenvalue weighted by molar-refractivity contribution is 6.12. The Morgan fingerprint density at radius 1 is 0.833 bits per heavy atom. The minimum atomic E-state index is -4.44. The van der Waals surface area contributed by atoms with Gasteiger partial charge in [0.15, 0.2) is 5.70 Å². The van der Waals surface area contributed by atoms with Gasteiger partial charge in [0.05, 0.1) is 5.56 Å². The predicted octanol–water partition coefficient (Wildman–Crippen LogP) is 5.84. The zero-order valence-electron chi connectivity index (χ0n) is 15.4. The number of rotatable bonds is 4. The van der Waals surface area contributed by atoms with Crippen LogP contribution in [0.25, 0.3) is 6.08 Å². The van der Waals surface area contributed by atoms with Crippen LogP contribution in [0.3, 0.4) is 0 Å². The van der Waals surface area contributed by atoms with E-state index in [0.29, 0.717) is 17.1 Å². The van der Waals surface area contributed by atoms with Crippen LogP contribution < -0.4 is 4.74 Å². The van der Waals surface area contributed by atoms with Gasteiger partial charge in [0.25, 0.3) is 0 Å². The summed E-state index contributed by atoms with van der Waals surface area (Å²) in [7, 11) is 0. The average molecular weight is 409 g/mol. The Morgan fingerprint density at radius 2 is 1.47 bits per heavy atom. The molecule has 0 spiro atoms. The molecule has 3 aromatic carbocycles. The van der Waals surface area contributed by atoms with Crippen molar-refractivity contribution in [2.75, 3.05) is 0 Å². The van der Waals surface area contributed by atoms with E-state index in [1.807, 2.05) is 30.3 Å². The van der Waals surface area contributed by atoms with Crippen LogP contribution in [0, 0.1) is 0 Å². The molecule has 0 N–H and O–H groups in total. The minimum absolute atomic E-state index is 0.0380. The third-order valence-corrected chi connectivity index (χ3v) is 4.24. The van der Waals surface area contributed by atoms with Crippen LogP contribution in [-0.2, 0) is 15.7 Å². The molecular weight excluding hydrogens is 395 g/mol. The maximum atomic E-state index is 12.7. The van der Waals surface area contributed by atoms with Crippen molar-refractivity contribution in [3.05, 3.63) is 101 Å². The fraction of sp³-hybridized carbons (Fsp3) is 0.0435. The molecule has 7 heteroatoms. The van der Waals surface area contributed by atoms with Crippen LogP contribution >= 0.6 is 0 Å². The monoisotopic (exact) mass is 409 g/mol. The summed E-state index contributed by atoms with van der Waals surface area (Å²) in [5, 5.41) is 0. The third-order valence-electron chi connectivity index (χ3n) is 4.24. The highest BCUT2D eigenvalue weighted by Gasteiger charge is 2.31. The molecule has 0 saturated heterocycles. The van der Waals surface area contributed by atoms with Crippen LogP contribution in [-0.4, -0.2) is 11.9 Å². The maximum absolute atomic E-state index is 12.7. The fourth-order valence-corrected chi connectivity index (χ4v) is 2.75. The quantitative estimate of drug-likeness (QED) is 0.402. The number of cyclic esters (lactones) is 1. The first-order valence-electron chi connectivity index (χ1n) is 8.92. The molecule has 1 aliphatic rings. The Bertz CT molecular complexity index is 1120. The van der Waals surface area contributed by atoms with E-state index in [1.54, 1.807) is 24.3 Å². The summed E-state index contributed by atoms with van der Waals surface area (Å²) < 4.78 is 48.9. The van der Waals surface area contributed by atoms with E-state index in [0.717, 1.165) is 12.1 Å². The van der Waals surface area contributed by atoms with Crippen LogP contribution in [0.2, 0.25) is 0 Å². The standard InChI is InChI=1S/C23H14F3NO3/c24-23(25,26)17-10-8-16(9-11-17)21-27-20(22(28)30-21)14-15-6-12-19(13-7-15)29-18-4-2-1-3-5-18/h1-14H/b20-14-. The first kappa shape index (κ1) is 19.4. The Morgan fingerprint density at radius 3 is 2.10 bits per heavy atom. The topological polar surface area (TPSA) is 47.9 Å². The molecule has 0 atom stereocenters. The number of nitrogens with zero attached hydrogens (tertiary/aromatic N) is 1. The first-order valence-corrected chi connectivity index (χ1v) is 8.92. The molecule has 0 amide bonds. The molecule has 0 aromatic heterocycles. The summed E-state index contributed by atoms with van der Waals surface area (Å²) in [6.45, 7) is 0. The van der Waals surface area contributed by atoms with Crippen LogP contribution in [0.15, 0.2) is 89.6 Å². The van der Waals surface area contributed by atoms with Crippen molar-refractivity contribution in [1.82, 2.24) is 0 Å². The van der Waals surface area contributed by atoms with Gasteiger partial charge in [-0.25, -0.2) is 9.79 Å². The lowest BCUT2D eigenvalue weighted by Crippen LogP contribution is -2.08. The number of halogens is 3. The van der Waals surface area contributed by atoms with E-state index < -0.39 is 17.7 Å². The highest BCUT2D eigenvalue weighted by Crippen LogP contribution is 2.30. The second kappa shape index (κ2) is 7.87. The van der Waals surface area contributed by atoms with Gasteiger partial charge in [0, 0.05) is 5.56 Å². The lowest BCUT2D eigenvalue weighted by atomic mass is 10.1. The van der Waals surface area contributed by atoms with Gasteiger partial charge in [0.1, 0.15) is 11.5 Å².